The SMILES string of the molecule is Cl.Oc1cc(Br)ccc1[C@@H]1CCCCN1. The number of phenolic OH excluding ortho intramolecular Hbond substituents is 1. The molecule has 1 heterocycles. The largest absolute Gasteiger partial charge is 0.508 e. The van der Waals surface area contributed by atoms with Crippen molar-refractivity contribution in [2.45, 2.75) is 25.3 Å². The first kappa shape index (κ1) is 12.8. The number of rotatable bonds is 1. The van der Waals surface area contributed by atoms with Crippen LogP contribution in [0.5, 0.6) is 5.75 Å². The molecule has 1 fully saturated rings. The van der Waals surface area contributed by atoms with Crippen molar-refractivity contribution in [3.8, 4) is 5.75 Å². The predicted molar refractivity (Wildman–Crippen MR) is 67.6 cm³/mol. The Kier molecular flexibility index (Phi) is 4.90. The van der Waals surface area contributed by atoms with Crippen molar-refractivity contribution in [3.63, 3.8) is 0 Å². The lowest BCUT2D eigenvalue weighted by Gasteiger charge is -2.24. The quantitative estimate of drug-likeness (QED) is 0.831. The van der Waals surface area contributed by atoms with Gasteiger partial charge in [0.25, 0.3) is 0 Å². The molecule has 15 heavy (non-hydrogen) atoms. The molecule has 0 saturated carbocycles. The van der Waals surface area contributed by atoms with Crippen molar-refractivity contribution in [1.29, 1.82) is 0 Å². The second kappa shape index (κ2) is 5.73. The van der Waals surface area contributed by atoms with Gasteiger partial charge in [-0.25, -0.2) is 0 Å². The number of hydrogen-bond donors (Lipinski definition) is 2. The van der Waals surface area contributed by atoms with Crippen LogP contribution in [0.15, 0.2) is 22.7 Å². The van der Waals surface area contributed by atoms with Crippen LogP contribution in [0.3, 0.4) is 0 Å². The molecule has 2 nitrogen and oxygen atoms in total. The summed E-state index contributed by atoms with van der Waals surface area (Å²) in [7, 11) is 0. The predicted octanol–water partition coefficient (Wildman–Crippen LogP) is 3.39. The van der Waals surface area contributed by atoms with Crippen molar-refractivity contribution >= 4 is 28.3 Å². The van der Waals surface area contributed by atoms with E-state index in [9.17, 15) is 5.11 Å². The Morgan fingerprint density at radius 1 is 1.33 bits per heavy atom. The van der Waals surface area contributed by atoms with E-state index in [1.165, 1.54) is 12.8 Å². The molecule has 1 atom stereocenters. The molecular weight excluding hydrogens is 277 g/mol. The fourth-order valence-corrected chi connectivity index (χ4v) is 2.28. The van der Waals surface area contributed by atoms with Crippen LogP contribution >= 0.6 is 28.3 Å². The van der Waals surface area contributed by atoms with Crippen LogP contribution in [0.2, 0.25) is 0 Å². The zero-order valence-corrected chi connectivity index (χ0v) is 10.8. The Morgan fingerprint density at radius 3 is 2.73 bits per heavy atom. The van der Waals surface area contributed by atoms with E-state index in [1.54, 1.807) is 6.07 Å². The summed E-state index contributed by atoms with van der Waals surface area (Å²) in [5.74, 6) is 0.388. The van der Waals surface area contributed by atoms with Crippen LogP contribution in [-0.2, 0) is 0 Å². The molecule has 0 spiro atoms. The Balaban J connectivity index is 0.00000112. The van der Waals surface area contributed by atoms with Gasteiger partial charge in [0.05, 0.1) is 0 Å². The Morgan fingerprint density at radius 2 is 2.13 bits per heavy atom. The number of halogens is 2. The number of aromatic hydroxyl groups is 1. The third kappa shape index (κ3) is 3.10. The Labute approximate surface area is 105 Å². The first-order valence-corrected chi connectivity index (χ1v) is 5.78. The highest BCUT2D eigenvalue weighted by Crippen LogP contribution is 2.31. The Hall–Kier alpha value is -0.250. The minimum absolute atomic E-state index is 0. The standard InChI is InChI=1S/C11H14BrNO.ClH/c12-8-4-5-9(11(14)7-8)10-3-1-2-6-13-10;/h4-5,7,10,13-14H,1-3,6H2;1H/t10-;/m0./s1. The summed E-state index contributed by atoms with van der Waals surface area (Å²) in [6.07, 6.45) is 3.61. The average Bonchev–Trinajstić information content (AvgIpc) is 2.19. The monoisotopic (exact) mass is 291 g/mol. The minimum Gasteiger partial charge on any atom is -0.508 e. The molecule has 0 bridgehead atoms. The highest BCUT2D eigenvalue weighted by atomic mass is 79.9. The highest BCUT2D eigenvalue weighted by Gasteiger charge is 2.17. The van der Waals surface area contributed by atoms with Crippen LogP contribution in [0.25, 0.3) is 0 Å². The van der Waals surface area contributed by atoms with Crippen molar-refractivity contribution in [2.75, 3.05) is 6.54 Å². The zero-order valence-electron chi connectivity index (χ0n) is 8.37. The van der Waals surface area contributed by atoms with Crippen molar-refractivity contribution in [1.82, 2.24) is 5.32 Å². The second-order valence-corrected chi connectivity index (χ2v) is 4.62. The van der Waals surface area contributed by atoms with E-state index in [0.717, 1.165) is 23.0 Å². The average molecular weight is 293 g/mol. The lowest BCUT2D eigenvalue weighted by atomic mass is 9.97. The van der Waals surface area contributed by atoms with Crippen molar-refractivity contribution in [3.05, 3.63) is 28.2 Å². The normalized spacial score (nSPS) is 20.7. The van der Waals surface area contributed by atoms with Gasteiger partial charge < -0.3 is 10.4 Å². The molecule has 1 aromatic rings. The van der Waals surface area contributed by atoms with Crippen LogP contribution in [-0.4, -0.2) is 11.7 Å². The zero-order chi connectivity index (χ0) is 9.97. The summed E-state index contributed by atoms with van der Waals surface area (Å²) in [5, 5.41) is 13.2. The smallest absolute Gasteiger partial charge is 0.121 e. The fraction of sp³-hybridized carbons (Fsp3) is 0.455. The van der Waals surface area contributed by atoms with Crippen molar-refractivity contribution in [2.24, 2.45) is 0 Å². The third-order valence-electron chi connectivity index (χ3n) is 2.68. The molecule has 0 aromatic heterocycles. The van der Waals surface area contributed by atoms with Crippen LogP contribution < -0.4 is 5.32 Å². The molecule has 1 aliphatic heterocycles. The Bertz CT molecular complexity index is 326. The summed E-state index contributed by atoms with van der Waals surface area (Å²) >= 11 is 3.34. The summed E-state index contributed by atoms with van der Waals surface area (Å²) < 4.78 is 0.926. The molecule has 0 aliphatic carbocycles. The summed E-state index contributed by atoms with van der Waals surface area (Å²) in [6, 6.07) is 6.05. The maximum atomic E-state index is 9.77. The molecule has 1 saturated heterocycles. The van der Waals surface area contributed by atoms with Gasteiger partial charge in [-0.15, -0.1) is 12.4 Å². The van der Waals surface area contributed by atoms with Gasteiger partial charge in [0.15, 0.2) is 0 Å². The molecule has 1 aliphatic rings. The van der Waals surface area contributed by atoms with Gasteiger partial charge in [-0.1, -0.05) is 28.4 Å². The number of benzene rings is 1. The van der Waals surface area contributed by atoms with Gasteiger partial charge in [-0.2, -0.15) is 0 Å². The van der Waals surface area contributed by atoms with E-state index in [2.05, 4.69) is 21.2 Å². The molecular formula is C11H15BrClNO. The highest BCUT2D eigenvalue weighted by molar-refractivity contribution is 9.10. The molecule has 2 rings (SSSR count). The van der Waals surface area contributed by atoms with Gasteiger partial charge in [-0.05, 0) is 31.5 Å². The molecule has 0 unspecified atom stereocenters. The van der Waals surface area contributed by atoms with E-state index in [0.29, 0.717) is 11.8 Å². The van der Waals surface area contributed by atoms with E-state index in [1.807, 2.05) is 12.1 Å². The second-order valence-electron chi connectivity index (χ2n) is 3.71. The van der Waals surface area contributed by atoms with E-state index in [-0.39, 0.29) is 12.4 Å². The van der Waals surface area contributed by atoms with Crippen molar-refractivity contribution < 1.29 is 5.11 Å². The van der Waals surface area contributed by atoms with E-state index >= 15 is 0 Å². The van der Waals surface area contributed by atoms with Gasteiger partial charge in [0.1, 0.15) is 5.75 Å². The lowest BCUT2D eigenvalue weighted by Crippen LogP contribution is -2.26. The summed E-state index contributed by atoms with van der Waals surface area (Å²) in [4.78, 5) is 0. The first-order chi connectivity index (χ1) is 6.77. The molecule has 1 aromatic carbocycles. The maximum absolute atomic E-state index is 9.77. The topological polar surface area (TPSA) is 32.3 Å². The number of nitrogens with one attached hydrogen (secondary N) is 1. The van der Waals surface area contributed by atoms with Crippen LogP contribution in [0, 0.1) is 0 Å². The molecule has 0 amide bonds. The van der Waals surface area contributed by atoms with Crippen LogP contribution in [0.1, 0.15) is 30.9 Å². The van der Waals surface area contributed by atoms with Gasteiger partial charge >= 0.3 is 0 Å². The van der Waals surface area contributed by atoms with Gasteiger partial charge in [0.2, 0.25) is 0 Å². The first-order valence-electron chi connectivity index (χ1n) is 4.99. The fourth-order valence-electron chi connectivity index (χ4n) is 1.93. The van der Waals surface area contributed by atoms with Gasteiger partial charge in [-0.3, -0.25) is 0 Å². The molecule has 4 heteroatoms. The minimum atomic E-state index is 0. The summed E-state index contributed by atoms with van der Waals surface area (Å²) in [6.45, 7) is 1.06. The lowest BCUT2D eigenvalue weighted by molar-refractivity contribution is 0.391. The molecule has 0 radical (unpaired) electrons. The molecule has 84 valence electrons. The number of phenols is 1. The third-order valence-corrected chi connectivity index (χ3v) is 3.17. The maximum Gasteiger partial charge on any atom is 0.121 e. The van der Waals surface area contributed by atoms with E-state index in [4.69, 9.17) is 0 Å². The number of piperidine rings is 1. The number of hydrogen-bond acceptors (Lipinski definition) is 2. The summed E-state index contributed by atoms with van der Waals surface area (Å²) in [5.41, 5.74) is 1.02. The van der Waals surface area contributed by atoms with E-state index < -0.39 is 0 Å². The van der Waals surface area contributed by atoms with Crippen LogP contribution in [0.4, 0.5) is 0 Å². The van der Waals surface area contributed by atoms with Gasteiger partial charge in [0, 0.05) is 16.1 Å². The molecule has 2 N–H and O–H groups in total.